The van der Waals surface area contributed by atoms with Crippen LogP contribution < -0.4 is 5.32 Å². The fourth-order valence-corrected chi connectivity index (χ4v) is 4.03. The highest BCUT2D eigenvalue weighted by molar-refractivity contribution is 5.94. The summed E-state index contributed by atoms with van der Waals surface area (Å²) in [5, 5.41) is 32.0. The van der Waals surface area contributed by atoms with Crippen LogP contribution in [-0.2, 0) is 17.9 Å². The molecule has 1 aromatic carbocycles. The zero-order chi connectivity index (χ0) is 26.2. The Kier molecular flexibility index (Phi) is 9.26. The Morgan fingerprint density at radius 1 is 1.11 bits per heavy atom. The van der Waals surface area contributed by atoms with Gasteiger partial charge in [0.1, 0.15) is 17.3 Å². The second-order valence-electron chi connectivity index (χ2n) is 8.96. The van der Waals surface area contributed by atoms with Crippen LogP contribution in [0.1, 0.15) is 60.8 Å². The number of aliphatic carboxylic acids is 1. The van der Waals surface area contributed by atoms with Crippen molar-refractivity contribution >= 4 is 11.9 Å². The van der Waals surface area contributed by atoms with E-state index in [0.29, 0.717) is 17.1 Å². The van der Waals surface area contributed by atoms with Gasteiger partial charge < -0.3 is 25.2 Å². The number of amides is 1. The van der Waals surface area contributed by atoms with E-state index >= 15 is 0 Å². The normalized spacial score (nSPS) is 12.9. The van der Waals surface area contributed by atoms with Gasteiger partial charge in [0.25, 0.3) is 5.91 Å². The monoisotopic (exact) mass is 498 g/mol. The van der Waals surface area contributed by atoms with Crippen molar-refractivity contribution < 1.29 is 29.3 Å². The van der Waals surface area contributed by atoms with Crippen molar-refractivity contribution in [2.45, 2.75) is 64.3 Å². The average Bonchev–Trinajstić information content (AvgIpc) is 3.21. The molecule has 0 saturated carbocycles. The van der Waals surface area contributed by atoms with E-state index in [1.54, 1.807) is 30.6 Å². The van der Waals surface area contributed by atoms with Crippen LogP contribution in [0.25, 0.3) is 11.4 Å². The van der Waals surface area contributed by atoms with Crippen LogP contribution in [0.4, 0.5) is 4.39 Å². The van der Waals surface area contributed by atoms with Crippen molar-refractivity contribution in [3.05, 3.63) is 71.6 Å². The Bertz CT molecular complexity index is 1170. The van der Waals surface area contributed by atoms with Crippen LogP contribution in [0, 0.1) is 5.82 Å². The van der Waals surface area contributed by atoms with Crippen LogP contribution in [0.2, 0.25) is 0 Å². The second kappa shape index (κ2) is 12.4. The molecule has 0 aliphatic heterocycles. The second-order valence-corrected chi connectivity index (χ2v) is 8.96. The van der Waals surface area contributed by atoms with Gasteiger partial charge in [-0.2, -0.15) is 0 Å². The molecule has 2 aromatic heterocycles. The highest BCUT2D eigenvalue weighted by Crippen LogP contribution is 2.29. The lowest BCUT2D eigenvalue weighted by Gasteiger charge is -2.18. The smallest absolute Gasteiger partial charge is 0.305 e. The number of benzene rings is 1. The van der Waals surface area contributed by atoms with Gasteiger partial charge in [-0.05, 0) is 54.7 Å². The van der Waals surface area contributed by atoms with Gasteiger partial charge in [-0.3, -0.25) is 14.6 Å². The minimum atomic E-state index is -1.17. The fourth-order valence-electron chi connectivity index (χ4n) is 4.03. The van der Waals surface area contributed by atoms with Gasteiger partial charge in [-0.15, -0.1) is 0 Å². The molecule has 192 valence electrons. The fraction of sp³-hybridized carbons (Fsp3) is 0.385. The standard InChI is InChI=1S/C26H31FN4O5/c1-16(2)24-23(26(36)29-15-17-4-3-10-28-14-17)30-25(18-5-7-19(27)8-6-18)31(24)11-9-20(32)12-21(33)13-22(34)35/h3-8,10,14,16,20-21,32-33H,9,11-13,15H2,1-2H3,(H,29,36)(H,34,35)/t20-,21-/m1/s1. The van der Waals surface area contributed by atoms with Crippen molar-refractivity contribution in [2.75, 3.05) is 0 Å². The number of aromatic nitrogens is 3. The van der Waals surface area contributed by atoms with E-state index < -0.39 is 30.4 Å². The van der Waals surface area contributed by atoms with E-state index in [9.17, 15) is 24.2 Å². The molecular weight excluding hydrogens is 467 g/mol. The Balaban J connectivity index is 1.90. The van der Waals surface area contributed by atoms with Gasteiger partial charge >= 0.3 is 5.97 Å². The molecule has 2 heterocycles. The number of hydrogen-bond donors (Lipinski definition) is 4. The molecule has 0 radical (unpaired) electrons. The third-order valence-corrected chi connectivity index (χ3v) is 5.69. The average molecular weight is 499 g/mol. The zero-order valence-corrected chi connectivity index (χ0v) is 20.3. The van der Waals surface area contributed by atoms with E-state index in [2.05, 4.69) is 15.3 Å². The Hall–Kier alpha value is -3.63. The van der Waals surface area contributed by atoms with Gasteiger partial charge in [0.05, 0.1) is 24.3 Å². The van der Waals surface area contributed by atoms with Gasteiger partial charge in [0, 0.05) is 31.0 Å². The lowest BCUT2D eigenvalue weighted by molar-refractivity contribution is -0.139. The van der Waals surface area contributed by atoms with E-state index in [4.69, 9.17) is 5.11 Å². The molecule has 0 bridgehead atoms. The van der Waals surface area contributed by atoms with E-state index in [1.807, 2.05) is 24.5 Å². The third-order valence-electron chi connectivity index (χ3n) is 5.69. The summed E-state index contributed by atoms with van der Waals surface area (Å²) >= 11 is 0. The predicted octanol–water partition coefficient (Wildman–Crippen LogP) is 3.11. The molecule has 2 atom stereocenters. The maximum atomic E-state index is 13.6. The number of carbonyl (C=O) groups excluding carboxylic acids is 1. The molecular formula is C26H31FN4O5. The number of aliphatic hydroxyl groups is 2. The SMILES string of the molecule is CC(C)c1c(C(=O)NCc2cccnc2)nc(-c2ccc(F)cc2)n1CC[C@@H](O)C[C@@H](O)CC(=O)O. The molecule has 0 unspecified atom stereocenters. The summed E-state index contributed by atoms with van der Waals surface area (Å²) in [6, 6.07) is 9.39. The number of imidazole rings is 1. The summed E-state index contributed by atoms with van der Waals surface area (Å²) in [7, 11) is 0. The number of hydrogen-bond acceptors (Lipinski definition) is 6. The highest BCUT2D eigenvalue weighted by Gasteiger charge is 2.26. The van der Waals surface area contributed by atoms with Crippen LogP contribution >= 0.6 is 0 Å². The first-order chi connectivity index (χ1) is 17.2. The summed E-state index contributed by atoms with van der Waals surface area (Å²) < 4.78 is 15.4. The van der Waals surface area contributed by atoms with Gasteiger partial charge in [0.2, 0.25) is 0 Å². The highest BCUT2D eigenvalue weighted by atomic mass is 19.1. The number of rotatable bonds is 12. The van der Waals surface area contributed by atoms with Crippen LogP contribution in [0.3, 0.4) is 0 Å². The minimum absolute atomic E-state index is 0.0949. The third kappa shape index (κ3) is 7.19. The number of nitrogens with one attached hydrogen (secondary N) is 1. The number of halogens is 1. The molecule has 3 aromatic rings. The first-order valence-electron chi connectivity index (χ1n) is 11.8. The maximum Gasteiger partial charge on any atom is 0.305 e. The predicted molar refractivity (Wildman–Crippen MR) is 131 cm³/mol. The lowest BCUT2D eigenvalue weighted by atomic mass is 10.0. The number of carboxylic acid groups (broad SMARTS) is 1. The van der Waals surface area contributed by atoms with E-state index in [0.717, 1.165) is 5.56 Å². The molecule has 4 N–H and O–H groups in total. The van der Waals surface area contributed by atoms with Crippen LogP contribution in [0.5, 0.6) is 0 Å². The Morgan fingerprint density at radius 2 is 1.83 bits per heavy atom. The molecule has 0 spiro atoms. The summed E-state index contributed by atoms with van der Waals surface area (Å²) in [5.41, 5.74) is 2.31. The molecule has 36 heavy (non-hydrogen) atoms. The number of pyridine rings is 1. The number of carboxylic acids is 1. The molecule has 0 fully saturated rings. The van der Waals surface area contributed by atoms with Crippen LogP contribution in [0.15, 0.2) is 48.8 Å². The minimum Gasteiger partial charge on any atom is -0.481 e. The molecule has 1 amide bonds. The van der Waals surface area contributed by atoms with Crippen molar-refractivity contribution in [2.24, 2.45) is 0 Å². The summed E-state index contributed by atoms with van der Waals surface area (Å²) in [6.07, 6.45) is 0.808. The number of nitrogens with zero attached hydrogens (tertiary/aromatic N) is 3. The molecule has 0 aliphatic rings. The first kappa shape index (κ1) is 27.0. The van der Waals surface area contributed by atoms with Crippen molar-refractivity contribution in [3.8, 4) is 11.4 Å². The van der Waals surface area contributed by atoms with Gasteiger partial charge in [0.15, 0.2) is 0 Å². The van der Waals surface area contributed by atoms with E-state index in [1.165, 1.54) is 12.1 Å². The molecule has 0 aliphatic carbocycles. The topological polar surface area (TPSA) is 138 Å². The van der Waals surface area contributed by atoms with E-state index in [-0.39, 0.29) is 43.5 Å². The summed E-state index contributed by atoms with van der Waals surface area (Å²) in [5.74, 6) is -1.59. The number of aliphatic hydroxyl groups excluding tert-OH is 2. The molecule has 3 rings (SSSR count). The maximum absolute atomic E-state index is 13.6. The van der Waals surface area contributed by atoms with Crippen molar-refractivity contribution in [3.63, 3.8) is 0 Å². The zero-order valence-electron chi connectivity index (χ0n) is 20.3. The van der Waals surface area contributed by atoms with Crippen LogP contribution in [-0.4, -0.2) is 53.9 Å². The Labute approximate surface area is 208 Å². The van der Waals surface area contributed by atoms with Crippen molar-refractivity contribution in [1.82, 2.24) is 19.9 Å². The number of carbonyl (C=O) groups is 2. The molecule has 0 saturated heterocycles. The van der Waals surface area contributed by atoms with Gasteiger partial charge in [-0.25, -0.2) is 9.37 Å². The van der Waals surface area contributed by atoms with Gasteiger partial charge in [-0.1, -0.05) is 19.9 Å². The lowest BCUT2D eigenvalue weighted by Crippen LogP contribution is -2.25. The molecule has 10 heteroatoms. The summed E-state index contributed by atoms with van der Waals surface area (Å²) in [4.78, 5) is 32.7. The summed E-state index contributed by atoms with van der Waals surface area (Å²) in [6.45, 7) is 4.37. The quantitative estimate of drug-likeness (QED) is 0.301. The Morgan fingerprint density at radius 3 is 2.44 bits per heavy atom. The first-order valence-corrected chi connectivity index (χ1v) is 11.8. The largest absolute Gasteiger partial charge is 0.481 e. The van der Waals surface area contributed by atoms with Crippen molar-refractivity contribution in [1.29, 1.82) is 0 Å². The molecule has 9 nitrogen and oxygen atoms in total.